The first-order valence-electron chi connectivity index (χ1n) is 4.50. The molecule has 0 aliphatic carbocycles. The Hall–Kier alpha value is -0.0800. The van der Waals surface area contributed by atoms with Crippen molar-refractivity contribution in [3.05, 3.63) is 0 Å². The fraction of sp³-hybridized carbons (Fsp3) is 1.00. The quantitative estimate of drug-likeness (QED) is 0.549. The highest BCUT2D eigenvalue weighted by Gasteiger charge is 1.98. The van der Waals surface area contributed by atoms with Gasteiger partial charge >= 0.3 is 0 Å². The number of ether oxygens (including phenoxy) is 1. The van der Waals surface area contributed by atoms with Gasteiger partial charge in [-0.05, 0) is 19.0 Å². The molecule has 0 saturated carbocycles. The van der Waals surface area contributed by atoms with Crippen LogP contribution >= 0.6 is 0 Å². The fourth-order valence-corrected chi connectivity index (χ4v) is 0.824. The average molecular weight is 159 g/mol. The molecular weight excluding hydrogens is 138 g/mol. The Kier molecular flexibility index (Phi) is 6.57. The Morgan fingerprint density at radius 3 is 2.09 bits per heavy atom. The molecule has 68 valence electrons. The largest absolute Gasteiger partial charge is 0.366 e. The van der Waals surface area contributed by atoms with Crippen molar-refractivity contribution in [2.75, 3.05) is 26.4 Å². The third-order valence-electron chi connectivity index (χ3n) is 1.62. The highest BCUT2D eigenvalue weighted by molar-refractivity contribution is 4.44. The van der Waals surface area contributed by atoms with Crippen molar-refractivity contribution in [3.8, 4) is 0 Å². The van der Waals surface area contributed by atoms with Crippen LogP contribution in [0.25, 0.3) is 0 Å². The molecule has 0 N–H and O–H groups in total. The van der Waals surface area contributed by atoms with Crippen LogP contribution in [0.2, 0.25) is 0 Å². The van der Waals surface area contributed by atoms with Gasteiger partial charge in [0.15, 0.2) is 0 Å². The van der Waals surface area contributed by atoms with Crippen LogP contribution in [0.5, 0.6) is 0 Å². The summed E-state index contributed by atoms with van der Waals surface area (Å²) in [6.07, 6.45) is 0. The van der Waals surface area contributed by atoms with E-state index in [9.17, 15) is 0 Å². The molecule has 2 nitrogen and oxygen atoms in total. The third kappa shape index (κ3) is 6.32. The number of rotatable bonds is 6. The lowest BCUT2D eigenvalue weighted by molar-refractivity contribution is 0.0210. The van der Waals surface area contributed by atoms with E-state index in [1.165, 1.54) is 0 Å². The minimum atomic E-state index is 0.644. The highest BCUT2D eigenvalue weighted by Crippen LogP contribution is 1.94. The zero-order chi connectivity index (χ0) is 8.69. The summed E-state index contributed by atoms with van der Waals surface area (Å²) in [6.45, 7) is 12.5. The summed E-state index contributed by atoms with van der Waals surface area (Å²) in [5.41, 5.74) is 0. The van der Waals surface area contributed by atoms with Gasteiger partial charge in [-0.25, -0.2) is 0 Å². The van der Waals surface area contributed by atoms with Crippen molar-refractivity contribution < 1.29 is 4.74 Å². The van der Waals surface area contributed by atoms with E-state index in [1.807, 2.05) is 0 Å². The number of hydrogen-bond acceptors (Lipinski definition) is 2. The number of hydrogen-bond donors (Lipinski definition) is 0. The van der Waals surface area contributed by atoms with E-state index < -0.39 is 0 Å². The summed E-state index contributed by atoms with van der Waals surface area (Å²) in [7, 11) is 0. The van der Waals surface area contributed by atoms with E-state index in [1.54, 1.807) is 0 Å². The lowest BCUT2D eigenvalue weighted by atomic mass is 10.2. The van der Waals surface area contributed by atoms with Crippen molar-refractivity contribution in [3.63, 3.8) is 0 Å². The molecular formula is C9H21NO. The Bertz CT molecular complexity index is 79.6. The third-order valence-corrected chi connectivity index (χ3v) is 1.62. The summed E-state index contributed by atoms with van der Waals surface area (Å²) in [5, 5.41) is 0. The van der Waals surface area contributed by atoms with Gasteiger partial charge in [-0.3, -0.25) is 4.90 Å². The zero-order valence-electron chi connectivity index (χ0n) is 8.26. The molecule has 0 aliphatic rings. The van der Waals surface area contributed by atoms with E-state index >= 15 is 0 Å². The van der Waals surface area contributed by atoms with Crippen molar-refractivity contribution in [1.29, 1.82) is 0 Å². The summed E-state index contributed by atoms with van der Waals surface area (Å²) in [5.74, 6) is 0.644. The monoisotopic (exact) mass is 159 g/mol. The molecule has 0 heterocycles. The van der Waals surface area contributed by atoms with Gasteiger partial charge in [-0.15, -0.1) is 0 Å². The molecule has 0 spiro atoms. The lowest BCUT2D eigenvalue weighted by Crippen LogP contribution is -2.26. The van der Waals surface area contributed by atoms with E-state index in [0.717, 1.165) is 26.4 Å². The molecule has 0 saturated heterocycles. The fourth-order valence-electron chi connectivity index (χ4n) is 0.824. The van der Waals surface area contributed by atoms with E-state index in [0.29, 0.717) is 5.92 Å². The standard InChI is InChI=1S/C9H21NO/c1-5-10(6-2)8-11-7-9(3)4/h9H,5-8H2,1-4H3. The number of nitrogens with zero attached hydrogens (tertiary/aromatic N) is 1. The molecule has 0 radical (unpaired) electrons. The van der Waals surface area contributed by atoms with Gasteiger partial charge in [-0.1, -0.05) is 27.7 Å². The summed E-state index contributed by atoms with van der Waals surface area (Å²) in [4.78, 5) is 2.27. The molecule has 11 heavy (non-hydrogen) atoms. The Morgan fingerprint density at radius 2 is 1.73 bits per heavy atom. The second-order valence-corrected chi connectivity index (χ2v) is 3.20. The smallest absolute Gasteiger partial charge is 0.0990 e. The van der Waals surface area contributed by atoms with Crippen molar-refractivity contribution >= 4 is 0 Å². The van der Waals surface area contributed by atoms with Gasteiger partial charge in [0.25, 0.3) is 0 Å². The van der Waals surface area contributed by atoms with Crippen LogP contribution in [0.1, 0.15) is 27.7 Å². The summed E-state index contributed by atoms with van der Waals surface area (Å²) < 4.78 is 5.46. The highest BCUT2D eigenvalue weighted by atomic mass is 16.5. The SMILES string of the molecule is CCN(CC)COCC(C)C. The normalized spacial score (nSPS) is 11.5. The maximum atomic E-state index is 5.46. The van der Waals surface area contributed by atoms with Gasteiger partial charge < -0.3 is 4.74 Å². The topological polar surface area (TPSA) is 12.5 Å². The van der Waals surface area contributed by atoms with E-state index in [2.05, 4.69) is 32.6 Å². The van der Waals surface area contributed by atoms with Crippen LogP contribution in [0.4, 0.5) is 0 Å². The van der Waals surface area contributed by atoms with Crippen LogP contribution in [0.15, 0.2) is 0 Å². The second kappa shape index (κ2) is 6.62. The Balaban J connectivity index is 3.21. The minimum Gasteiger partial charge on any atom is -0.366 e. The Labute approximate surface area is 70.5 Å². The molecule has 0 unspecified atom stereocenters. The molecule has 0 aliphatic heterocycles. The summed E-state index contributed by atoms with van der Waals surface area (Å²) >= 11 is 0. The second-order valence-electron chi connectivity index (χ2n) is 3.20. The van der Waals surface area contributed by atoms with Crippen LogP contribution in [-0.2, 0) is 4.74 Å². The zero-order valence-corrected chi connectivity index (χ0v) is 8.26. The first-order valence-corrected chi connectivity index (χ1v) is 4.50. The molecule has 0 rings (SSSR count). The van der Waals surface area contributed by atoms with Crippen molar-refractivity contribution in [1.82, 2.24) is 4.90 Å². The van der Waals surface area contributed by atoms with Gasteiger partial charge in [0.2, 0.25) is 0 Å². The molecule has 0 bridgehead atoms. The van der Waals surface area contributed by atoms with Gasteiger partial charge in [0, 0.05) is 0 Å². The first kappa shape index (κ1) is 10.9. The predicted molar refractivity (Wildman–Crippen MR) is 48.6 cm³/mol. The van der Waals surface area contributed by atoms with Crippen LogP contribution in [0.3, 0.4) is 0 Å². The predicted octanol–water partition coefficient (Wildman–Crippen LogP) is 1.96. The van der Waals surface area contributed by atoms with Crippen LogP contribution < -0.4 is 0 Å². The Morgan fingerprint density at radius 1 is 1.18 bits per heavy atom. The lowest BCUT2D eigenvalue weighted by Gasteiger charge is -2.18. The maximum absolute atomic E-state index is 5.46. The maximum Gasteiger partial charge on any atom is 0.0990 e. The molecule has 0 aromatic carbocycles. The molecule has 0 aromatic rings. The first-order chi connectivity index (χ1) is 5.20. The summed E-state index contributed by atoms with van der Waals surface area (Å²) in [6, 6.07) is 0. The van der Waals surface area contributed by atoms with E-state index in [-0.39, 0.29) is 0 Å². The molecule has 0 fully saturated rings. The molecule has 0 atom stereocenters. The molecule has 0 aromatic heterocycles. The van der Waals surface area contributed by atoms with Gasteiger partial charge in [0.05, 0.1) is 13.3 Å². The minimum absolute atomic E-state index is 0.644. The van der Waals surface area contributed by atoms with Crippen molar-refractivity contribution in [2.45, 2.75) is 27.7 Å². The molecule has 2 heteroatoms. The van der Waals surface area contributed by atoms with Crippen LogP contribution in [-0.4, -0.2) is 31.3 Å². The molecule has 0 amide bonds. The van der Waals surface area contributed by atoms with Crippen LogP contribution in [0, 0.1) is 5.92 Å². The van der Waals surface area contributed by atoms with Crippen molar-refractivity contribution in [2.24, 2.45) is 5.92 Å². The van der Waals surface area contributed by atoms with Gasteiger partial charge in [0.1, 0.15) is 0 Å². The van der Waals surface area contributed by atoms with E-state index in [4.69, 9.17) is 4.74 Å². The van der Waals surface area contributed by atoms with Gasteiger partial charge in [-0.2, -0.15) is 0 Å². The average Bonchev–Trinajstić information content (AvgIpc) is 1.98.